The lowest BCUT2D eigenvalue weighted by molar-refractivity contribution is 1.42. The highest BCUT2D eigenvalue weighted by atomic mass is 32.2. The molecule has 0 saturated heterocycles. The Balaban J connectivity index is 2.14. The van der Waals surface area contributed by atoms with Gasteiger partial charge < -0.3 is 0 Å². The van der Waals surface area contributed by atoms with E-state index in [-0.39, 0.29) is 0 Å². The molecular weight excluding hydrogens is 343 g/mol. The van der Waals surface area contributed by atoms with Crippen LogP contribution in [0.5, 0.6) is 0 Å². The van der Waals surface area contributed by atoms with Crippen molar-refractivity contribution < 1.29 is 0 Å². The number of thioether (sulfide) groups is 2. The highest BCUT2D eigenvalue weighted by Crippen LogP contribution is 2.32. The van der Waals surface area contributed by atoms with Gasteiger partial charge in [0.25, 0.3) is 0 Å². The third-order valence-corrected chi connectivity index (χ3v) is 7.71. The molecule has 2 rings (SSSR count). The number of allylic oxidation sites excluding steroid dienone is 3. The van der Waals surface area contributed by atoms with Crippen molar-refractivity contribution in [2.45, 2.75) is 44.4 Å². The highest BCUT2D eigenvalue weighted by Gasteiger charge is 2.12. The Morgan fingerprint density at radius 2 is 1.55 bits per heavy atom. The van der Waals surface area contributed by atoms with E-state index >= 15 is 0 Å². The molecule has 2 heterocycles. The van der Waals surface area contributed by atoms with Gasteiger partial charge in [-0.1, -0.05) is 36.2 Å². The molecule has 0 atom stereocenters. The average molecular weight is 364 g/mol. The standard InChI is InChI=1S/C17H21BS4/c1-7-11(4)20-15-9-17(22-13(15)6)18-16-8-14(12(5)21-16)19-10(2)3/h7-9,18H,2H2,1,3-6H3/b11-7-. The van der Waals surface area contributed by atoms with Gasteiger partial charge >= 0.3 is 0 Å². The lowest BCUT2D eigenvalue weighted by atomic mass is 9.75. The summed E-state index contributed by atoms with van der Waals surface area (Å²) in [5.74, 6) is 0. The van der Waals surface area contributed by atoms with Gasteiger partial charge in [-0.25, -0.2) is 0 Å². The Kier molecular flexibility index (Phi) is 6.51. The molecule has 0 aromatic carbocycles. The van der Waals surface area contributed by atoms with Gasteiger partial charge in [-0.2, -0.15) is 22.7 Å². The van der Waals surface area contributed by atoms with Gasteiger partial charge in [-0.05, 0) is 66.1 Å². The summed E-state index contributed by atoms with van der Waals surface area (Å²) in [5, 5.41) is 0. The summed E-state index contributed by atoms with van der Waals surface area (Å²) in [7, 11) is 1.04. The Hall–Kier alpha value is -0.355. The van der Waals surface area contributed by atoms with Crippen LogP contribution in [0.2, 0.25) is 0 Å². The molecule has 0 bridgehead atoms. The van der Waals surface area contributed by atoms with Gasteiger partial charge in [0, 0.05) is 19.5 Å². The first-order valence-electron chi connectivity index (χ1n) is 7.21. The van der Waals surface area contributed by atoms with E-state index < -0.39 is 0 Å². The third-order valence-electron chi connectivity index (χ3n) is 3.16. The van der Waals surface area contributed by atoms with Crippen molar-refractivity contribution in [2.24, 2.45) is 0 Å². The van der Waals surface area contributed by atoms with Crippen LogP contribution in [-0.4, -0.2) is 7.28 Å². The molecule has 0 fully saturated rings. The Bertz CT molecular complexity index is 706. The first-order chi connectivity index (χ1) is 10.4. The highest BCUT2D eigenvalue weighted by molar-refractivity contribution is 8.03. The first kappa shape index (κ1) is 18.0. The van der Waals surface area contributed by atoms with E-state index in [4.69, 9.17) is 0 Å². The van der Waals surface area contributed by atoms with Crippen LogP contribution in [0.15, 0.2) is 44.4 Å². The summed E-state index contributed by atoms with van der Waals surface area (Å²) in [6.45, 7) is 14.8. The summed E-state index contributed by atoms with van der Waals surface area (Å²) in [5.41, 5.74) is 0. The van der Waals surface area contributed by atoms with E-state index in [1.54, 1.807) is 11.8 Å². The predicted octanol–water partition coefficient (Wildman–Crippen LogP) is 5.46. The third kappa shape index (κ3) is 4.82. The van der Waals surface area contributed by atoms with Crippen LogP contribution >= 0.6 is 46.2 Å². The van der Waals surface area contributed by atoms with Crippen molar-refractivity contribution in [2.75, 3.05) is 0 Å². The number of hydrogen-bond acceptors (Lipinski definition) is 4. The SMILES string of the molecule is C=C(C)Sc1cc(Bc2cc(S/C(C)=C\C)c(C)s2)sc1C. The normalized spacial score (nSPS) is 11.8. The number of thiophene rings is 2. The maximum atomic E-state index is 4.00. The summed E-state index contributed by atoms with van der Waals surface area (Å²) in [4.78, 5) is 8.10. The molecule has 116 valence electrons. The minimum atomic E-state index is 1.04. The molecule has 0 aliphatic carbocycles. The van der Waals surface area contributed by atoms with Crippen LogP contribution in [0.4, 0.5) is 0 Å². The van der Waals surface area contributed by atoms with Gasteiger partial charge in [0.05, 0.1) is 0 Å². The maximum Gasteiger partial charge on any atom is 0.218 e. The van der Waals surface area contributed by atoms with Crippen molar-refractivity contribution in [1.29, 1.82) is 0 Å². The van der Waals surface area contributed by atoms with E-state index in [0.29, 0.717) is 0 Å². The van der Waals surface area contributed by atoms with E-state index in [0.717, 1.165) is 12.2 Å². The lowest BCUT2D eigenvalue weighted by Gasteiger charge is -1.98. The molecule has 0 nitrogen and oxygen atoms in total. The monoisotopic (exact) mass is 364 g/mol. The fourth-order valence-corrected chi connectivity index (χ4v) is 6.20. The van der Waals surface area contributed by atoms with Gasteiger partial charge in [0.1, 0.15) is 0 Å². The Morgan fingerprint density at radius 1 is 1.05 bits per heavy atom. The van der Waals surface area contributed by atoms with E-state index in [1.165, 1.54) is 34.0 Å². The van der Waals surface area contributed by atoms with Gasteiger partial charge in [-0.15, -0.1) is 0 Å². The molecule has 0 aliphatic rings. The molecule has 5 heteroatoms. The minimum absolute atomic E-state index is 1.04. The van der Waals surface area contributed by atoms with Crippen molar-refractivity contribution in [3.05, 3.63) is 44.4 Å². The van der Waals surface area contributed by atoms with Crippen molar-refractivity contribution in [1.82, 2.24) is 0 Å². The van der Waals surface area contributed by atoms with Crippen LogP contribution < -0.4 is 9.55 Å². The summed E-state index contributed by atoms with van der Waals surface area (Å²) in [6.07, 6.45) is 2.17. The zero-order chi connectivity index (χ0) is 16.3. The van der Waals surface area contributed by atoms with Crippen LogP contribution in [0.3, 0.4) is 0 Å². The number of rotatable bonds is 6. The average Bonchev–Trinajstić information content (AvgIpc) is 2.93. The zero-order valence-corrected chi connectivity index (χ0v) is 17.0. The largest absolute Gasteiger partial charge is 0.218 e. The molecule has 0 radical (unpaired) electrons. The minimum Gasteiger partial charge on any atom is -0.154 e. The molecule has 22 heavy (non-hydrogen) atoms. The summed E-state index contributed by atoms with van der Waals surface area (Å²) >= 11 is 7.50. The summed E-state index contributed by atoms with van der Waals surface area (Å²) in [6, 6.07) is 4.69. The Labute approximate surface area is 151 Å². The van der Waals surface area contributed by atoms with Crippen LogP contribution in [0.25, 0.3) is 0 Å². The number of aryl methyl sites for hydroxylation is 2. The van der Waals surface area contributed by atoms with E-state index in [2.05, 4.69) is 59.4 Å². The van der Waals surface area contributed by atoms with Gasteiger partial charge in [0.15, 0.2) is 0 Å². The second-order valence-corrected chi connectivity index (χ2v) is 10.6. The maximum absolute atomic E-state index is 4.00. The quantitative estimate of drug-likeness (QED) is 0.493. The molecule has 0 amide bonds. The van der Waals surface area contributed by atoms with Crippen LogP contribution in [-0.2, 0) is 0 Å². The lowest BCUT2D eigenvalue weighted by Crippen LogP contribution is -2.21. The molecular formula is C17H21BS4. The molecule has 0 aliphatic heterocycles. The second-order valence-electron chi connectivity index (χ2n) is 5.25. The van der Waals surface area contributed by atoms with Gasteiger partial charge in [-0.3, -0.25) is 0 Å². The molecule has 0 spiro atoms. The molecule has 0 N–H and O–H groups in total. The smallest absolute Gasteiger partial charge is 0.154 e. The predicted molar refractivity (Wildman–Crippen MR) is 110 cm³/mol. The Morgan fingerprint density at radius 3 is 2.00 bits per heavy atom. The second kappa shape index (κ2) is 7.96. The molecule has 0 unspecified atom stereocenters. The number of hydrogen-bond donors (Lipinski definition) is 0. The van der Waals surface area contributed by atoms with Crippen LogP contribution in [0.1, 0.15) is 30.5 Å². The van der Waals surface area contributed by atoms with E-state index in [9.17, 15) is 0 Å². The molecule has 2 aromatic rings. The fraction of sp³-hybridized carbons (Fsp3) is 0.294. The van der Waals surface area contributed by atoms with Gasteiger partial charge in [0.2, 0.25) is 7.28 Å². The van der Waals surface area contributed by atoms with Crippen molar-refractivity contribution >= 4 is 63.0 Å². The van der Waals surface area contributed by atoms with Crippen molar-refractivity contribution in [3.63, 3.8) is 0 Å². The van der Waals surface area contributed by atoms with Crippen LogP contribution in [0, 0.1) is 13.8 Å². The molecule has 0 saturated carbocycles. The van der Waals surface area contributed by atoms with E-state index in [1.807, 2.05) is 34.4 Å². The zero-order valence-electron chi connectivity index (χ0n) is 13.8. The fourth-order valence-electron chi connectivity index (χ4n) is 2.02. The first-order valence-corrected chi connectivity index (χ1v) is 10.5. The molecule has 2 aromatic heterocycles. The topological polar surface area (TPSA) is 0 Å². The summed E-state index contributed by atoms with van der Waals surface area (Å²) < 4.78 is 2.90. The van der Waals surface area contributed by atoms with Crippen molar-refractivity contribution in [3.8, 4) is 0 Å².